The zero-order chi connectivity index (χ0) is 19.3. The van der Waals surface area contributed by atoms with Crippen LogP contribution in [0.15, 0.2) is 29.3 Å². The fourth-order valence-electron chi connectivity index (χ4n) is 3.87. The monoisotopic (exact) mass is 520 g/mol. The first-order valence-electron chi connectivity index (χ1n) is 10.1. The molecule has 2 aliphatic heterocycles. The Morgan fingerprint density at radius 2 is 2.04 bits per heavy atom. The van der Waals surface area contributed by atoms with Crippen LogP contribution in [0, 0.1) is 0 Å². The summed E-state index contributed by atoms with van der Waals surface area (Å²) in [5.41, 5.74) is 1.16. The molecule has 0 saturated carbocycles. The van der Waals surface area contributed by atoms with Crippen LogP contribution >= 0.6 is 35.6 Å². The van der Waals surface area contributed by atoms with Crippen LogP contribution in [0.2, 0.25) is 5.02 Å². The average Bonchev–Trinajstić information content (AvgIpc) is 3.16. The Balaban J connectivity index is 0.00000280. The average molecular weight is 521 g/mol. The normalized spacial score (nSPS) is 21.5. The number of morpholine rings is 1. The summed E-state index contributed by atoms with van der Waals surface area (Å²) in [5.74, 6) is 1.03. The third kappa shape index (κ3) is 6.21. The first-order chi connectivity index (χ1) is 13.0. The van der Waals surface area contributed by atoms with Crippen LogP contribution in [0.25, 0.3) is 0 Å². The number of rotatable bonds is 5. The lowest BCUT2D eigenvalue weighted by Crippen LogP contribution is -2.47. The molecule has 1 unspecified atom stereocenters. The van der Waals surface area contributed by atoms with Crippen LogP contribution in [-0.2, 0) is 10.2 Å². The smallest absolute Gasteiger partial charge is 0.193 e. The fourth-order valence-corrected chi connectivity index (χ4v) is 4.06. The highest BCUT2D eigenvalue weighted by Crippen LogP contribution is 2.26. The predicted molar refractivity (Wildman–Crippen MR) is 128 cm³/mol. The van der Waals surface area contributed by atoms with Crippen LogP contribution in [0.5, 0.6) is 0 Å². The molecular weight excluding hydrogens is 487 g/mol. The van der Waals surface area contributed by atoms with Gasteiger partial charge in [-0.1, -0.05) is 37.6 Å². The van der Waals surface area contributed by atoms with E-state index in [1.165, 1.54) is 12.0 Å². The summed E-state index contributed by atoms with van der Waals surface area (Å²) < 4.78 is 5.50. The van der Waals surface area contributed by atoms with Crippen molar-refractivity contribution in [2.45, 2.75) is 38.6 Å². The van der Waals surface area contributed by atoms with Crippen LogP contribution < -0.4 is 5.32 Å². The molecule has 1 aromatic rings. The van der Waals surface area contributed by atoms with Crippen molar-refractivity contribution in [3.63, 3.8) is 0 Å². The number of hydrogen-bond donors (Lipinski definition) is 1. The van der Waals surface area contributed by atoms with Crippen molar-refractivity contribution >= 4 is 41.5 Å². The van der Waals surface area contributed by atoms with Gasteiger partial charge < -0.3 is 15.0 Å². The van der Waals surface area contributed by atoms with Gasteiger partial charge in [0.1, 0.15) is 0 Å². The molecule has 0 bridgehead atoms. The maximum Gasteiger partial charge on any atom is 0.193 e. The van der Waals surface area contributed by atoms with E-state index in [0.717, 1.165) is 63.5 Å². The minimum Gasteiger partial charge on any atom is -0.379 e. The van der Waals surface area contributed by atoms with Crippen LogP contribution in [0.3, 0.4) is 0 Å². The summed E-state index contributed by atoms with van der Waals surface area (Å²) in [6.07, 6.45) is 1.20. The molecule has 28 heavy (non-hydrogen) atoms. The molecule has 7 heteroatoms. The number of ether oxygens (including phenoxy) is 1. The fraction of sp³-hybridized carbons (Fsp3) is 0.667. The van der Waals surface area contributed by atoms with E-state index in [0.29, 0.717) is 6.04 Å². The van der Waals surface area contributed by atoms with Gasteiger partial charge in [-0.3, -0.25) is 9.89 Å². The molecule has 1 aromatic carbocycles. The van der Waals surface area contributed by atoms with Crippen molar-refractivity contribution in [2.75, 3.05) is 52.5 Å². The molecule has 0 radical (unpaired) electrons. The molecule has 0 aromatic heterocycles. The summed E-state index contributed by atoms with van der Waals surface area (Å²) in [7, 11) is 0. The van der Waals surface area contributed by atoms with E-state index in [-0.39, 0.29) is 29.4 Å². The standard InChI is InChI=1S/C21H33ClN4O.HI/c1-4-23-20(24-16-21(2,3)17-6-5-7-18(22)14-17)26-9-8-19(15-26)25-10-12-27-13-11-25;/h5-7,14,19H,4,8-13,15-16H2,1-3H3,(H,23,24);1H. The summed E-state index contributed by atoms with van der Waals surface area (Å²) in [6.45, 7) is 14.1. The second kappa shape index (κ2) is 11.0. The molecule has 2 heterocycles. The molecule has 3 rings (SSSR count). The number of likely N-dealkylation sites (tertiary alicyclic amines) is 1. The molecule has 2 aliphatic rings. The van der Waals surface area contributed by atoms with E-state index in [9.17, 15) is 0 Å². The molecule has 2 fully saturated rings. The van der Waals surface area contributed by atoms with E-state index in [1.807, 2.05) is 18.2 Å². The SMILES string of the molecule is CCNC(=NCC(C)(C)c1cccc(Cl)c1)N1CCC(N2CCOCC2)C1.I. The minimum atomic E-state index is -0.0606. The van der Waals surface area contributed by atoms with Crippen molar-refractivity contribution in [3.05, 3.63) is 34.9 Å². The zero-order valence-electron chi connectivity index (χ0n) is 17.3. The Bertz CT molecular complexity index is 649. The molecular formula is C21H34ClIN4O. The van der Waals surface area contributed by atoms with E-state index in [2.05, 4.69) is 42.0 Å². The van der Waals surface area contributed by atoms with E-state index in [1.54, 1.807) is 0 Å². The second-order valence-electron chi connectivity index (χ2n) is 8.10. The number of nitrogens with one attached hydrogen (secondary N) is 1. The third-order valence-corrected chi connectivity index (χ3v) is 5.83. The van der Waals surface area contributed by atoms with Crippen molar-refractivity contribution in [1.29, 1.82) is 0 Å². The van der Waals surface area contributed by atoms with Gasteiger partial charge in [0.15, 0.2) is 5.96 Å². The first kappa shape index (κ1) is 23.7. The van der Waals surface area contributed by atoms with Crippen molar-refractivity contribution < 1.29 is 4.74 Å². The van der Waals surface area contributed by atoms with Gasteiger partial charge in [-0.25, -0.2) is 0 Å². The maximum absolute atomic E-state index is 6.19. The lowest BCUT2D eigenvalue weighted by molar-refractivity contribution is 0.0195. The van der Waals surface area contributed by atoms with E-state index >= 15 is 0 Å². The largest absolute Gasteiger partial charge is 0.379 e. The Morgan fingerprint density at radius 1 is 1.29 bits per heavy atom. The highest BCUT2D eigenvalue weighted by molar-refractivity contribution is 14.0. The van der Waals surface area contributed by atoms with Gasteiger partial charge in [0, 0.05) is 49.2 Å². The molecule has 1 N–H and O–H groups in total. The van der Waals surface area contributed by atoms with Gasteiger partial charge in [-0.2, -0.15) is 0 Å². The highest BCUT2D eigenvalue weighted by Gasteiger charge is 2.30. The first-order valence-corrected chi connectivity index (χ1v) is 10.5. The number of hydrogen-bond acceptors (Lipinski definition) is 3. The van der Waals surface area contributed by atoms with Crippen LogP contribution in [-0.4, -0.2) is 74.3 Å². The predicted octanol–water partition coefficient (Wildman–Crippen LogP) is 3.61. The van der Waals surface area contributed by atoms with Crippen molar-refractivity contribution in [3.8, 4) is 0 Å². The molecule has 1 atom stereocenters. The number of nitrogens with zero attached hydrogens (tertiary/aromatic N) is 3. The van der Waals surface area contributed by atoms with Crippen molar-refractivity contribution in [2.24, 2.45) is 4.99 Å². The molecule has 158 valence electrons. The Labute approximate surface area is 191 Å². The molecule has 5 nitrogen and oxygen atoms in total. The molecule has 2 saturated heterocycles. The number of aliphatic imine (C=N–C) groups is 1. The summed E-state index contributed by atoms with van der Waals surface area (Å²) in [5, 5.41) is 4.27. The zero-order valence-corrected chi connectivity index (χ0v) is 20.4. The lowest BCUT2D eigenvalue weighted by Gasteiger charge is -2.32. The molecule has 0 spiro atoms. The van der Waals surface area contributed by atoms with E-state index < -0.39 is 0 Å². The summed E-state index contributed by atoms with van der Waals surface area (Å²) in [4.78, 5) is 9.98. The third-order valence-electron chi connectivity index (χ3n) is 5.59. The van der Waals surface area contributed by atoms with Gasteiger partial charge in [-0.15, -0.1) is 24.0 Å². The maximum atomic E-state index is 6.19. The number of benzene rings is 1. The Hall–Kier alpha value is -0.570. The second-order valence-corrected chi connectivity index (χ2v) is 8.54. The summed E-state index contributed by atoms with van der Waals surface area (Å²) >= 11 is 6.19. The Morgan fingerprint density at radius 3 is 2.71 bits per heavy atom. The van der Waals surface area contributed by atoms with Crippen LogP contribution in [0.1, 0.15) is 32.8 Å². The lowest BCUT2D eigenvalue weighted by atomic mass is 9.85. The van der Waals surface area contributed by atoms with Gasteiger partial charge in [0.05, 0.1) is 19.8 Å². The topological polar surface area (TPSA) is 40.1 Å². The number of guanidine groups is 1. The highest BCUT2D eigenvalue weighted by atomic mass is 127. The van der Waals surface area contributed by atoms with Gasteiger partial charge in [-0.05, 0) is 31.0 Å². The molecule has 0 amide bonds. The summed E-state index contributed by atoms with van der Waals surface area (Å²) in [6, 6.07) is 8.73. The minimum absolute atomic E-state index is 0. The number of halogens is 2. The Kier molecular flexibility index (Phi) is 9.31. The van der Waals surface area contributed by atoms with Gasteiger partial charge in [0.25, 0.3) is 0 Å². The van der Waals surface area contributed by atoms with Crippen molar-refractivity contribution in [1.82, 2.24) is 15.1 Å². The van der Waals surface area contributed by atoms with Crippen LogP contribution in [0.4, 0.5) is 0 Å². The van der Waals surface area contributed by atoms with Gasteiger partial charge in [0.2, 0.25) is 0 Å². The quantitative estimate of drug-likeness (QED) is 0.366. The van der Waals surface area contributed by atoms with Gasteiger partial charge >= 0.3 is 0 Å². The molecule has 0 aliphatic carbocycles. The van der Waals surface area contributed by atoms with E-state index in [4.69, 9.17) is 21.3 Å².